The monoisotopic (exact) mass is 435 g/mol. The van der Waals surface area contributed by atoms with Crippen molar-refractivity contribution in [2.45, 2.75) is 17.9 Å². The van der Waals surface area contributed by atoms with Crippen LogP contribution in [-0.4, -0.2) is 10.9 Å². The second kappa shape index (κ2) is 9.69. The van der Waals surface area contributed by atoms with Gasteiger partial charge in [0.2, 0.25) is 11.8 Å². The number of pyridine rings is 1. The number of anilines is 1. The number of halogens is 3. The number of nitrogens with one attached hydrogen (secondary N) is 1. The summed E-state index contributed by atoms with van der Waals surface area (Å²) in [5, 5.41) is 8.78. The van der Waals surface area contributed by atoms with Crippen molar-refractivity contribution in [3.63, 3.8) is 0 Å². The highest BCUT2D eigenvalue weighted by Crippen LogP contribution is 2.25. The zero-order chi connectivity index (χ0) is 20.8. The molecular formula is C20H16ClF2N3O2S. The van der Waals surface area contributed by atoms with Crippen LogP contribution >= 0.6 is 23.5 Å². The Morgan fingerprint density at radius 2 is 1.90 bits per heavy atom. The molecule has 29 heavy (non-hydrogen) atoms. The molecular weight excluding hydrogens is 420 g/mol. The minimum absolute atomic E-state index is 0.0667. The summed E-state index contributed by atoms with van der Waals surface area (Å²) in [6.45, 7) is 0.172. The summed E-state index contributed by atoms with van der Waals surface area (Å²) < 4.78 is 31.8. The lowest BCUT2D eigenvalue weighted by Gasteiger charge is -2.12. The molecule has 0 aliphatic carbocycles. The number of hydrogen-bond donors (Lipinski definition) is 2. The Bertz CT molecular complexity index is 1020. The molecule has 0 fully saturated rings. The van der Waals surface area contributed by atoms with Crippen LogP contribution in [0.2, 0.25) is 5.02 Å². The predicted molar refractivity (Wildman–Crippen MR) is 109 cm³/mol. The molecule has 1 amide bonds. The number of rotatable bonds is 7. The van der Waals surface area contributed by atoms with Crippen LogP contribution < -0.4 is 15.2 Å². The van der Waals surface area contributed by atoms with E-state index < -0.39 is 11.6 Å². The highest BCUT2D eigenvalue weighted by atomic mass is 35.5. The molecule has 3 rings (SSSR count). The van der Waals surface area contributed by atoms with E-state index >= 15 is 0 Å². The van der Waals surface area contributed by atoms with E-state index in [9.17, 15) is 13.6 Å². The molecule has 0 saturated heterocycles. The van der Waals surface area contributed by atoms with E-state index in [0.717, 1.165) is 23.7 Å². The summed E-state index contributed by atoms with van der Waals surface area (Å²) in [6.07, 6.45) is 1.00. The number of benzene rings is 2. The average Bonchev–Trinajstić information content (AvgIpc) is 2.70. The summed E-state index contributed by atoms with van der Waals surface area (Å²) in [5.41, 5.74) is 1.70. The number of nitrogens with zero attached hydrogens (tertiary/aromatic N) is 1. The van der Waals surface area contributed by atoms with Crippen LogP contribution in [0.25, 0.3) is 0 Å². The van der Waals surface area contributed by atoms with Gasteiger partial charge in [0.25, 0.3) is 0 Å². The summed E-state index contributed by atoms with van der Waals surface area (Å²) in [7, 11) is 0. The van der Waals surface area contributed by atoms with Gasteiger partial charge in [0.05, 0.1) is 12.6 Å². The van der Waals surface area contributed by atoms with Crippen LogP contribution in [0.5, 0.6) is 5.88 Å². The molecule has 2 aromatic carbocycles. The molecule has 9 heteroatoms. The minimum Gasteiger partial charge on any atom is -0.473 e. The standard InChI is InChI=1S/C20H16ClF2N3O2S/c21-17-5-2-14(22)7-13(17)8-19(27)26-16-4-1-12(18(9-16)29-24)11-28-20-6-3-15(23)10-25-20/h1-7,9-10H,8,11,24H2,(H,26,27). The van der Waals surface area contributed by atoms with Crippen molar-refractivity contribution in [1.29, 1.82) is 0 Å². The van der Waals surface area contributed by atoms with Gasteiger partial charge in [-0.2, -0.15) is 0 Å². The number of carbonyl (C=O) groups excluding carboxylic acids is 1. The normalized spacial score (nSPS) is 10.6. The summed E-state index contributed by atoms with van der Waals surface area (Å²) in [4.78, 5) is 16.8. The van der Waals surface area contributed by atoms with Gasteiger partial charge in [-0.1, -0.05) is 17.7 Å². The van der Waals surface area contributed by atoms with Crippen LogP contribution in [0.15, 0.2) is 59.6 Å². The molecule has 0 bridgehead atoms. The lowest BCUT2D eigenvalue weighted by molar-refractivity contribution is -0.115. The van der Waals surface area contributed by atoms with E-state index in [1.165, 1.54) is 30.3 Å². The molecule has 0 saturated carbocycles. The molecule has 0 atom stereocenters. The molecule has 0 aliphatic rings. The van der Waals surface area contributed by atoms with Crippen molar-refractivity contribution >= 4 is 35.1 Å². The molecule has 150 valence electrons. The third-order valence-electron chi connectivity index (χ3n) is 3.91. The Labute approximate surface area is 175 Å². The molecule has 3 aromatic rings. The van der Waals surface area contributed by atoms with Crippen molar-refractivity contribution < 1.29 is 18.3 Å². The van der Waals surface area contributed by atoms with Crippen molar-refractivity contribution in [2.75, 3.05) is 5.32 Å². The molecule has 5 nitrogen and oxygen atoms in total. The lowest BCUT2D eigenvalue weighted by atomic mass is 10.1. The summed E-state index contributed by atoms with van der Waals surface area (Å²) >= 11 is 7.00. The first-order valence-corrected chi connectivity index (χ1v) is 9.68. The first-order chi connectivity index (χ1) is 13.9. The Hall–Kier alpha value is -2.68. The molecule has 0 radical (unpaired) electrons. The van der Waals surface area contributed by atoms with Crippen molar-refractivity contribution in [1.82, 2.24) is 4.98 Å². The van der Waals surface area contributed by atoms with E-state index in [-0.39, 0.29) is 24.8 Å². The Balaban J connectivity index is 1.65. The van der Waals surface area contributed by atoms with E-state index in [4.69, 9.17) is 21.5 Å². The number of amides is 1. The first-order valence-electron chi connectivity index (χ1n) is 8.42. The maximum Gasteiger partial charge on any atom is 0.228 e. The van der Waals surface area contributed by atoms with Crippen LogP contribution in [0.4, 0.5) is 14.5 Å². The molecule has 0 spiro atoms. The fourth-order valence-electron chi connectivity index (χ4n) is 2.52. The average molecular weight is 436 g/mol. The van der Waals surface area contributed by atoms with Gasteiger partial charge in [0.15, 0.2) is 0 Å². The topological polar surface area (TPSA) is 77.2 Å². The number of carbonyl (C=O) groups is 1. The quantitative estimate of drug-likeness (QED) is 0.524. The zero-order valence-corrected chi connectivity index (χ0v) is 16.6. The van der Waals surface area contributed by atoms with Crippen LogP contribution in [0, 0.1) is 11.6 Å². The van der Waals surface area contributed by atoms with Crippen LogP contribution in [0.1, 0.15) is 11.1 Å². The fourth-order valence-corrected chi connectivity index (χ4v) is 3.18. The molecule has 3 N–H and O–H groups in total. The van der Waals surface area contributed by atoms with Gasteiger partial charge in [-0.05, 0) is 53.9 Å². The van der Waals surface area contributed by atoms with Gasteiger partial charge >= 0.3 is 0 Å². The highest BCUT2D eigenvalue weighted by molar-refractivity contribution is 7.97. The van der Waals surface area contributed by atoms with Crippen molar-refractivity contribution in [3.05, 3.63) is 82.5 Å². The second-order valence-electron chi connectivity index (χ2n) is 6.00. The zero-order valence-electron chi connectivity index (χ0n) is 15.0. The van der Waals surface area contributed by atoms with Gasteiger partial charge < -0.3 is 10.1 Å². The number of aromatic nitrogens is 1. The molecule has 1 heterocycles. The first kappa shape index (κ1) is 21.0. The van der Waals surface area contributed by atoms with Crippen molar-refractivity contribution in [2.24, 2.45) is 5.14 Å². The van der Waals surface area contributed by atoms with E-state index in [1.807, 2.05) is 0 Å². The molecule has 1 aromatic heterocycles. The van der Waals surface area contributed by atoms with E-state index in [2.05, 4.69) is 10.3 Å². The number of hydrogen-bond acceptors (Lipinski definition) is 5. The second-order valence-corrected chi connectivity index (χ2v) is 7.09. The maximum atomic E-state index is 13.3. The van der Waals surface area contributed by atoms with Gasteiger partial charge in [-0.15, -0.1) is 0 Å². The summed E-state index contributed by atoms with van der Waals surface area (Å²) in [6, 6.07) is 11.7. The Morgan fingerprint density at radius 3 is 2.62 bits per heavy atom. The smallest absolute Gasteiger partial charge is 0.228 e. The Kier molecular flexibility index (Phi) is 7.03. The minimum atomic E-state index is -0.459. The number of ether oxygens (including phenoxy) is 1. The van der Waals surface area contributed by atoms with Gasteiger partial charge in [0.1, 0.15) is 18.2 Å². The summed E-state index contributed by atoms with van der Waals surface area (Å²) in [5.74, 6) is -0.970. The third-order valence-corrected chi connectivity index (χ3v) is 4.92. The predicted octanol–water partition coefficient (Wildman–Crippen LogP) is 4.74. The lowest BCUT2D eigenvalue weighted by Crippen LogP contribution is -2.15. The largest absolute Gasteiger partial charge is 0.473 e. The van der Waals surface area contributed by atoms with Crippen LogP contribution in [-0.2, 0) is 17.8 Å². The third kappa shape index (κ3) is 5.90. The van der Waals surface area contributed by atoms with Gasteiger partial charge in [0, 0.05) is 27.2 Å². The fraction of sp³-hybridized carbons (Fsp3) is 0.100. The molecule has 0 unspecified atom stereocenters. The van der Waals surface area contributed by atoms with Gasteiger partial charge in [-0.3, -0.25) is 9.93 Å². The van der Waals surface area contributed by atoms with E-state index in [0.29, 0.717) is 21.2 Å². The van der Waals surface area contributed by atoms with Crippen LogP contribution in [0.3, 0.4) is 0 Å². The van der Waals surface area contributed by atoms with E-state index in [1.54, 1.807) is 18.2 Å². The van der Waals surface area contributed by atoms with Crippen molar-refractivity contribution in [3.8, 4) is 5.88 Å². The molecule has 0 aliphatic heterocycles. The maximum absolute atomic E-state index is 13.3. The number of nitrogens with two attached hydrogens (primary N) is 1. The Morgan fingerprint density at radius 1 is 1.10 bits per heavy atom. The van der Waals surface area contributed by atoms with Gasteiger partial charge in [-0.25, -0.2) is 13.8 Å². The SMILES string of the molecule is NSc1cc(NC(=O)Cc2cc(F)ccc2Cl)ccc1COc1ccc(F)cn1. The highest BCUT2D eigenvalue weighted by Gasteiger charge is 2.11.